The van der Waals surface area contributed by atoms with Gasteiger partial charge in [0.15, 0.2) is 0 Å². The van der Waals surface area contributed by atoms with Crippen LogP contribution >= 0.6 is 11.6 Å². The summed E-state index contributed by atoms with van der Waals surface area (Å²) in [5.41, 5.74) is 2.13. The molecule has 1 heterocycles. The summed E-state index contributed by atoms with van der Waals surface area (Å²) in [6.07, 6.45) is 2.90. The molecule has 0 bridgehead atoms. The minimum atomic E-state index is -0.997. The molecule has 7 nitrogen and oxygen atoms in total. The number of nitrogens with zero attached hydrogens (tertiary/aromatic N) is 2. The van der Waals surface area contributed by atoms with Crippen LogP contribution in [-0.4, -0.2) is 40.1 Å². The van der Waals surface area contributed by atoms with Crippen molar-refractivity contribution in [2.45, 2.75) is 76.1 Å². The van der Waals surface area contributed by atoms with Gasteiger partial charge in [0, 0.05) is 29.4 Å². The van der Waals surface area contributed by atoms with E-state index in [0.29, 0.717) is 16.3 Å². The number of hydrogen-bond acceptors (Lipinski definition) is 4. The minimum Gasteiger partial charge on any atom is -0.481 e. The van der Waals surface area contributed by atoms with Crippen molar-refractivity contribution in [1.82, 2.24) is 4.90 Å². The number of carbonyl (C=O) groups is 3. The summed E-state index contributed by atoms with van der Waals surface area (Å²) in [6, 6.07) is 10.9. The number of hydrogen-bond donors (Lipinski definition) is 1. The molecule has 2 fully saturated rings. The number of rotatable bonds is 7. The first-order valence-corrected chi connectivity index (χ1v) is 13.2. The number of carboxylic acid groups (broad SMARTS) is 1. The highest BCUT2D eigenvalue weighted by Crippen LogP contribution is 2.53. The molecule has 3 unspecified atom stereocenters. The van der Waals surface area contributed by atoms with Gasteiger partial charge in [0.2, 0.25) is 5.91 Å². The molecule has 196 valence electrons. The molecule has 0 aromatic heterocycles. The third kappa shape index (κ3) is 5.17. The Hall–Kier alpha value is -3.13. The average molecular weight is 529 g/mol. The Morgan fingerprint density at radius 3 is 2.51 bits per heavy atom. The van der Waals surface area contributed by atoms with Crippen molar-refractivity contribution in [3.63, 3.8) is 0 Å². The molecule has 0 spiro atoms. The van der Waals surface area contributed by atoms with Gasteiger partial charge in [0.25, 0.3) is 0 Å². The maximum absolute atomic E-state index is 13.6. The molecule has 3 aliphatic rings. The highest BCUT2D eigenvalue weighted by atomic mass is 35.5. The van der Waals surface area contributed by atoms with Crippen LogP contribution in [0.2, 0.25) is 5.02 Å². The van der Waals surface area contributed by atoms with E-state index in [1.807, 2.05) is 11.0 Å². The fourth-order valence-corrected chi connectivity index (χ4v) is 6.09. The third-order valence-electron chi connectivity index (χ3n) is 7.73. The minimum absolute atomic E-state index is 0.00303. The van der Waals surface area contributed by atoms with Crippen LogP contribution in [0.1, 0.15) is 75.1 Å². The number of halogens is 2. The molecule has 1 aliphatic heterocycles. The zero-order valence-corrected chi connectivity index (χ0v) is 21.4. The normalized spacial score (nSPS) is 23.1. The predicted octanol–water partition coefficient (Wildman–Crippen LogP) is 6.26. The fourth-order valence-electron chi connectivity index (χ4n) is 5.92. The molecule has 2 saturated carbocycles. The molecule has 5 rings (SSSR count). The first kappa shape index (κ1) is 25.5. The molecule has 2 aliphatic carbocycles. The number of ether oxygens (including phenoxy) is 1. The van der Waals surface area contributed by atoms with Crippen molar-refractivity contribution in [2.24, 2.45) is 5.92 Å². The third-order valence-corrected chi connectivity index (χ3v) is 7.97. The first-order valence-electron chi connectivity index (χ1n) is 12.8. The summed E-state index contributed by atoms with van der Waals surface area (Å²) in [6.45, 7) is 1.75. The Morgan fingerprint density at radius 1 is 1.11 bits per heavy atom. The second-order valence-corrected chi connectivity index (χ2v) is 10.6. The lowest BCUT2D eigenvalue weighted by Gasteiger charge is -2.47. The standard InChI is InChI=1S/C28H30ClFN2O5/c1-16(17-5-8-19(30)9-6-17)37-28(36)32-23-4-2-3-21(23)27(22-12-7-18(29)15-24(22)32)31(20-10-11-20)25(33)13-14-26(34)35/h5-9,12,15-16,20-21,23,27H,2-4,10-11,13-14H2,1H3,(H,34,35)/t16-,21?,23?,27?/m0/s1. The molecule has 2 aromatic rings. The monoisotopic (exact) mass is 528 g/mol. The van der Waals surface area contributed by atoms with Crippen LogP contribution in [0, 0.1) is 11.7 Å². The van der Waals surface area contributed by atoms with Gasteiger partial charge in [-0.3, -0.25) is 14.5 Å². The van der Waals surface area contributed by atoms with E-state index in [0.717, 1.165) is 37.7 Å². The van der Waals surface area contributed by atoms with E-state index in [1.54, 1.807) is 36.1 Å². The Bertz CT molecular complexity index is 1200. The maximum Gasteiger partial charge on any atom is 0.415 e. The Kier molecular flexibility index (Phi) is 7.12. The molecule has 2 aromatic carbocycles. The lowest BCUT2D eigenvalue weighted by Crippen LogP contribution is -2.53. The Morgan fingerprint density at radius 2 is 1.84 bits per heavy atom. The number of fused-ring (bicyclic) bond motifs is 2. The summed E-state index contributed by atoms with van der Waals surface area (Å²) in [5.74, 6) is -1.53. The van der Waals surface area contributed by atoms with Crippen LogP contribution in [0.25, 0.3) is 0 Å². The zero-order valence-electron chi connectivity index (χ0n) is 20.6. The van der Waals surface area contributed by atoms with Gasteiger partial charge in [-0.25, -0.2) is 9.18 Å². The van der Waals surface area contributed by atoms with Gasteiger partial charge in [-0.2, -0.15) is 0 Å². The van der Waals surface area contributed by atoms with Crippen molar-refractivity contribution in [3.8, 4) is 0 Å². The topological polar surface area (TPSA) is 87.2 Å². The van der Waals surface area contributed by atoms with Crippen LogP contribution in [-0.2, 0) is 14.3 Å². The van der Waals surface area contributed by atoms with Gasteiger partial charge in [0.05, 0.1) is 18.2 Å². The number of aliphatic carboxylic acids is 1. The average Bonchev–Trinajstić information content (AvgIpc) is 3.58. The smallest absolute Gasteiger partial charge is 0.415 e. The fraction of sp³-hybridized carbons (Fsp3) is 0.464. The van der Waals surface area contributed by atoms with E-state index in [-0.39, 0.29) is 48.6 Å². The molecular weight excluding hydrogens is 499 g/mol. The van der Waals surface area contributed by atoms with E-state index in [1.165, 1.54) is 12.1 Å². The van der Waals surface area contributed by atoms with E-state index in [4.69, 9.17) is 21.4 Å². The number of carbonyl (C=O) groups excluding carboxylic acids is 2. The van der Waals surface area contributed by atoms with E-state index < -0.39 is 18.2 Å². The molecule has 0 saturated heterocycles. The van der Waals surface area contributed by atoms with Crippen molar-refractivity contribution in [1.29, 1.82) is 0 Å². The Balaban J connectivity index is 1.49. The van der Waals surface area contributed by atoms with E-state index >= 15 is 0 Å². The van der Waals surface area contributed by atoms with Crippen LogP contribution in [0.15, 0.2) is 42.5 Å². The first-order chi connectivity index (χ1) is 17.7. The molecule has 2 amide bonds. The van der Waals surface area contributed by atoms with E-state index in [2.05, 4.69) is 0 Å². The van der Waals surface area contributed by atoms with Crippen LogP contribution < -0.4 is 4.90 Å². The number of benzene rings is 2. The molecule has 9 heteroatoms. The molecule has 4 atom stereocenters. The van der Waals surface area contributed by atoms with Crippen LogP contribution in [0.4, 0.5) is 14.9 Å². The largest absolute Gasteiger partial charge is 0.481 e. The van der Waals surface area contributed by atoms with Gasteiger partial charge in [-0.1, -0.05) is 36.2 Å². The van der Waals surface area contributed by atoms with Crippen LogP contribution in [0.3, 0.4) is 0 Å². The number of anilines is 1. The summed E-state index contributed by atoms with van der Waals surface area (Å²) in [7, 11) is 0. The molecule has 1 N–H and O–H groups in total. The second kappa shape index (κ2) is 10.3. The van der Waals surface area contributed by atoms with Gasteiger partial charge in [-0.15, -0.1) is 0 Å². The van der Waals surface area contributed by atoms with Gasteiger partial charge >= 0.3 is 12.1 Å². The van der Waals surface area contributed by atoms with Gasteiger partial charge < -0.3 is 14.7 Å². The highest BCUT2D eigenvalue weighted by molar-refractivity contribution is 6.31. The Labute approximate surface area is 220 Å². The lowest BCUT2D eigenvalue weighted by molar-refractivity contribution is -0.142. The zero-order chi connectivity index (χ0) is 26.3. The summed E-state index contributed by atoms with van der Waals surface area (Å²) in [5, 5.41) is 9.62. The highest BCUT2D eigenvalue weighted by Gasteiger charge is 2.52. The van der Waals surface area contributed by atoms with Gasteiger partial charge in [0.1, 0.15) is 11.9 Å². The molecule has 37 heavy (non-hydrogen) atoms. The maximum atomic E-state index is 13.6. The summed E-state index contributed by atoms with van der Waals surface area (Å²) < 4.78 is 19.2. The van der Waals surface area contributed by atoms with Crippen molar-refractivity contribution < 1.29 is 28.6 Å². The number of carboxylic acids is 1. The van der Waals surface area contributed by atoms with Crippen molar-refractivity contribution in [3.05, 3.63) is 64.4 Å². The predicted molar refractivity (Wildman–Crippen MR) is 136 cm³/mol. The SMILES string of the molecule is C[C@H](OC(=O)N1c2cc(Cl)ccc2C(N(C(=O)CCC(=O)O)C2CC2)C2CCCC21)c1ccc(F)cc1. The second-order valence-electron chi connectivity index (χ2n) is 10.2. The molecular formula is C28H30ClFN2O5. The summed E-state index contributed by atoms with van der Waals surface area (Å²) >= 11 is 6.40. The van der Waals surface area contributed by atoms with Crippen molar-refractivity contribution >= 4 is 35.3 Å². The van der Waals surface area contributed by atoms with Crippen LogP contribution in [0.5, 0.6) is 0 Å². The van der Waals surface area contributed by atoms with Crippen molar-refractivity contribution in [2.75, 3.05) is 4.90 Å². The van der Waals surface area contributed by atoms with E-state index in [9.17, 15) is 18.8 Å². The summed E-state index contributed by atoms with van der Waals surface area (Å²) in [4.78, 5) is 41.7. The number of amides is 2. The quantitative estimate of drug-likeness (QED) is 0.458. The lowest BCUT2D eigenvalue weighted by atomic mass is 9.81. The molecule has 0 radical (unpaired) electrons. The van der Waals surface area contributed by atoms with Gasteiger partial charge in [-0.05, 0) is 68.0 Å².